The van der Waals surface area contributed by atoms with Gasteiger partial charge in [-0.3, -0.25) is 9.59 Å². The standard InChI is InChI=1S/C21H22N2O4/c1-14(15-6-4-3-5-7-15)23(2)20(25)13-27-21(26)17-8-10-18-16(12-17)9-11-19(24)22-18/h3-8,10,12,14H,9,11,13H2,1-2H3,(H,22,24). The number of hydrogen-bond donors (Lipinski definition) is 1. The number of carbonyl (C=O) groups excluding carboxylic acids is 3. The molecule has 1 unspecified atom stereocenters. The zero-order chi connectivity index (χ0) is 19.4. The van der Waals surface area contributed by atoms with E-state index in [0.29, 0.717) is 18.4 Å². The van der Waals surface area contributed by atoms with Crippen LogP contribution in [0.5, 0.6) is 0 Å². The third-order valence-corrected chi connectivity index (χ3v) is 4.82. The molecule has 27 heavy (non-hydrogen) atoms. The second kappa shape index (κ2) is 8.03. The van der Waals surface area contributed by atoms with Crippen LogP contribution in [0.4, 0.5) is 5.69 Å². The van der Waals surface area contributed by atoms with Crippen LogP contribution in [0.25, 0.3) is 0 Å². The summed E-state index contributed by atoms with van der Waals surface area (Å²) in [5.41, 5.74) is 2.99. The number of esters is 1. The van der Waals surface area contributed by atoms with Gasteiger partial charge in [-0.15, -0.1) is 0 Å². The minimum atomic E-state index is -0.552. The van der Waals surface area contributed by atoms with Crippen LogP contribution in [0.2, 0.25) is 0 Å². The van der Waals surface area contributed by atoms with Gasteiger partial charge in [-0.1, -0.05) is 30.3 Å². The number of nitrogens with zero attached hydrogens (tertiary/aromatic N) is 1. The van der Waals surface area contributed by atoms with Crippen molar-refractivity contribution in [2.75, 3.05) is 19.0 Å². The molecule has 1 aliphatic heterocycles. The molecule has 1 heterocycles. The number of rotatable bonds is 5. The Morgan fingerprint density at radius 3 is 2.63 bits per heavy atom. The second-order valence-corrected chi connectivity index (χ2v) is 6.59. The van der Waals surface area contributed by atoms with Crippen molar-refractivity contribution in [2.24, 2.45) is 0 Å². The summed E-state index contributed by atoms with van der Waals surface area (Å²) >= 11 is 0. The number of ether oxygens (including phenoxy) is 1. The van der Waals surface area contributed by atoms with E-state index in [1.54, 1.807) is 30.1 Å². The molecule has 2 amide bonds. The Bertz CT molecular complexity index is 864. The maximum absolute atomic E-state index is 12.4. The van der Waals surface area contributed by atoms with Gasteiger partial charge in [0.15, 0.2) is 6.61 Å². The summed E-state index contributed by atoms with van der Waals surface area (Å²) in [5.74, 6) is -0.854. The Morgan fingerprint density at radius 2 is 1.89 bits per heavy atom. The van der Waals surface area contributed by atoms with Crippen molar-refractivity contribution in [3.63, 3.8) is 0 Å². The van der Waals surface area contributed by atoms with Crippen molar-refractivity contribution in [1.82, 2.24) is 4.90 Å². The molecule has 0 fully saturated rings. The number of nitrogens with one attached hydrogen (secondary N) is 1. The third kappa shape index (κ3) is 4.34. The molecule has 6 nitrogen and oxygen atoms in total. The Morgan fingerprint density at radius 1 is 1.15 bits per heavy atom. The molecule has 6 heteroatoms. The Labute approximate surface area is 158 Å². The van der Waals surface area contributed by atoms with Crippen LogP contribution in [-0.4, -0.2) is 36.3 Å². The first-order chi connectivity index (χ1) is 13.0. The molecule has 0 aromatic heterocycles. The predicted octanol–water partition coefficient (Wildman–Crippen LogP) is 2.95. The minimum absolute atomic E-state index is 0.0287. The molecule has 0 spiro atoms. The highest BCUT2D eigenvalue weighted by Crippen LogP contribution is 2.24. The largest absolute Gasteiger partial charge is 0.452 e. The van der Waals surface area contributed by atoms with Crippen LogP contribution in [0.1, 0.15) is 40.9 Å². The van der Waals surface area contributed by atoms with Crippen LogP contribution in [0.15, 0.2) is 48.5 Å². The van der Waals surface area contributed by atoms with Crippen LogP contribution in [0.3, 0.4) is 0 Å². The highest BCUT2D eigenvalue weighted by molar-refractivity contribution is 5.96. The van der Waals surface area contributed by atoms with Crippen LogP contribution in [-0.2, 0) is 20.7 Å². The van der Waals surface area contributed by atoms with Crippen molar-refractivity contribution in [2.45, 2.75) is 25.8 Å². The quantitative estimate of drug-likeness (QED) is 0.826. The molecule has 0 radical (unpaired) electrons. The van der Waals surface area contributed by atoms with Gasteiger partial charge in [0, 0.05) is 19.2 Å². The van der Waals surface area contributed by atoms with Crippen LogP contribution in [0, 0.1) is 0 Å². The van der Waals surface area contributed by atoms with Crippen molar-refractivity contribution in [3.05, 3.63) is 65.2 Å². The number of amides is 2. The SMILES string of the molecule is CC(c1ccccc1)N(C)C(=O)COC(=O)c1ccc2c(c1)CCC(=O)N2. The van der Waals surface area contributed by atoms with E-state index in [-0.39, 0.29) is 24.5 Å². The van der Waals surface area contributed by atoms with Crippen molar-refractivity contribution in [1.29, 1.82) is 0 Å². The molecule has 2 aromatic carbocycles. The molecule has 3 rings (SSSR count). The number of hydrogen-bond acceptors (Lipinski definition) is 4. The average Bonchev–Trinajstić information content (AvgIpc) is 2.70. The fraction of sp³-hybridized carbons (Fsp3) is 0.286. The minimum Gasteiger partial charge on any atom is -0.452 e. The van der Waals surface area contributed by atoms with Gasteiger partial charge in [-0.25, -0.2) is 4.79 Å². The average molecular weight is 366 g/mol. The Hall–Kier alpha value is -3.15. The van der Waals surface area contributed by atoms with E-state index in [9.17, 15) is 14.4 Å². The first-order valence-corrected chi connectivity index (χ1v) is 8.86. The lowest BCUT2D eigenvalue weighted by molar-refractivity contribution is -0.135. The second-order valence-electron chi connectivity index (χ2n) is 6.59. The number of aryl methyl sites for hydroxylation is 1. The lowest BCUT2D eigenvalue weighted by atomic mass is 10.0. The molecule has 0 saturated carbocycles. The summed E-state index contributed by atoms with van der Waals surface area (Å²) in [6, 6.07) is 14.5. The molecular formula is C21H22N2O4. The third-order valence-electron chi connectivity index (χ3n) is 4.82. The molecule has 0 saturated heterocycles. The lowest BCUT2D eigenvalue weighted by Crippen LogP contribution is -2.33. The summed E-state index contributed by atoms with van der Waals surface area (Å²) in [6.45, 7) is 1.60. The van der Waals surface area contributed by atoms with Gasteiger partial charge in [0.2, 0.25) is 5.91 Å². The Balaban J connectivity index is 1.58. The monoisotopic (exact) mass is 366 g/mol. The van der Waals surface area contributed by atoms with E-state index in [1.165, 1.54) is 0 Å². The van der Waals surface area contributed by atoms with Gasteiger partial charge < -0.3 is 15.0 Å². The van der Waals surface area contributed by atoms with Gasteiger partial charge in [0.1, 0.15) is 0 Å². The number of carbonyl (C=O) groups is 3. The first-order valence-electron chi connectivity index (χ1n) is 8.86. The van der Waals surface area contributed by atoms with Gasteiger partial charge in [-0.05, 0) is 42.7 Å². The number of fused-ring (bicyclic) bond motifs is 1. The predicted molar refractivity (Wildman–Crippen MR) is 101 cm³/mol. The van der Waals surface area contributed by atoms with Crippen LogP contribution < -0.4 is 5.32 Å². The van der Waals surface area contributed by atoms with Gasteiger partial charge >= 0.3 is 5.97 Å². The van der Waals surface area contributed by atoms with E-state index in [4.69, 9.17) is 4.74 Å². The van der Waals surface area contributed by atoms with E-state index in [0.717, 1.165) is 16.8 Å². The molecule has 1 atom stereocenters. The van der Waals surface area contributed by atoms with E-state index in [1.807, 2.05) is 37.3 Å². The maximum Gasteiger partial charge on any atom is 0.338 e. The number of anilines is 1. The highest BCUT2D eigenvalue weighted by Gasteiger charge is 2.20. The van der Waals surface area contributed by atoms with Gasteiger partial charge in [0.25, 0.3) is 5.91 Å². The topological polar surface area (TPSA) is 75.7 Å². The van der Waals surface area contributed by atoms with Crippen molar-refractivity contribution in [3.8, 4) is 0 Å². The molecule has 2 aromatic rings. The van der Waals surface area contributed by atoms with Gasteiger partial charge in [-0.2, -0.15) is 0 Å². The number of benzene rings is 2. The van der Waals surface area contributed by atoms with Crippen molar-refractivity contribution >= 4 is 23.5 Å². The summed E-state index contributed by atoms with van der Waals surface area (Å²) in [6.07, 6.45) is 0.977. The van der Waals surface area contributed by atoms with Crippen LogP contribution >= 0.6 is 0 Å². The van der Waals surface area contributed by atoms with E-state index >= 15 is 0 Å². The molecule has 140 valence electrons. The number of likely N-dealkylation sites (N-methyl/N-ethyl adjacent to an activating group) is 1. The molecule has 0 bridgehead atoms. The molecule has 1 aliphatic rings. The zero-order valence-electron chi connectivity index (χ0n) is 15.4. The fourth-order valence-electron chi connectivity index (χ4n) is 2.99. The summed E-state index contributed by atoms with van der Waals surface area (Å²) < 4.78 is 5.19. The maximum atomic E-state index is 12.4. The zero-order valence-corrected chi connectivity index (χ0v) is 15.4. The van der Waals surface area contributed by atoms with E-state index < -0.39 is 5.97 Å². The van der Waals surface area contributed by atoms with Gasteiger partial charge in [0.05, 0.1) is 11.6 Å². The molecule has 1 N–H and O–H groups in total. The van der Waals surface area contributed by atoms with E-state index in [2.05, 4.69) is 5.32 Å². The summed E-state index contributed by atoms with van der Waals surface area (Å²) in [7, 11) is 1.69. The Kier molecular flexibility index (Phi) is 5.54. The van der Waals surface area contributed by atoms with Crippen molar-refractivity contribution < 1.29 is 19.1 Å². The highest BCUT2D eigenvalue weighted by atomic mass is 16.5. The molecular weight excluding hydrogens is 344 g/mol. The fourth-order valence-corrected chi connectivity index (χ4v) is 2.99. The summed E-state index contributed by atoms with van der Waals surface area (Å²) in [4.78, 5) is 37.6. The summed E-state index contributed by atoms with van der Waals surface area (Å²) in [5, 5.41) is 2.77. The first kappa shape index (κ1) is 18.6. The normalized spacial score (nSPS) is 13.9. The molecule has 0 aliphatic carbocycles. The smallest absolute Gasteiger partial charge is 0.338 e. The lowest BCUT2D eigenvalue weighted by Gasteiger charge is -2.25.